The summed E-state index contributed by atoms with van der Waals surface area (Å²) in [6, 6.07) is 0. The van der Waals surface area contributed by atoms with E-state index in [2.05, 4.69) is 13.8 Å². The molecule has 3 atom stereocenters. The Kier molecular flexibility index (Phi) is 6.02. The molecule has 0 heterocycles. The van der Waals surface area contributed by atoms with Crippen molar-refractivity contribution < 1.29 is 30.0 Å². The Balaban J connectivity index is 0.000000342. The van der Waals surface area contributed by atoms with Gasteiger partial charge in [0, 0.05) is 19.8 Å². The maximum Gasteiger partial charge on any atom is 0.300 e. The number of hydrogen-bond donors (Lipinski definition) is 4. The molecule has 19 heavy (non-hydrogen) atoms. The highest BCUT2D eigenvalue weighted by molar-refractivity contribution is 5.63. The lowest BCUT2D eigenvalue weighted by Crippen LogP contribution is -2.54. The standard InChI is InChI=1S/C9H14O2.2C2H4O2/c1-9(2)5-3-6(9)8(11)4-7(5)10;2*1-2(3)4/h4-7,10-11H,3H2,1-2H3;2*1H3,(H,3,4). The second-order valence-corrected chi connectivity index (χ2v) is 5.34. The molecule has 0 aliphatic heterocycles. The fourth-order valence-corrected chi connectivity index (χ4v) is 2.45. The average Bonchev–Trinajstić information content (AvgIpc) is 2.12. The normalized spacial score (nSPS) is 29.3. The van der Waals surface area contributed by atoms with E-state index in [0.29, 0.717) is 17.6 Å². The van der Waals surface area contributed by atoms with Gasteiger partial charge in [0.2, 0.25) is 0 Å². The smallest absolute Gasteiger partial charge is 0.300 e. The van der Waals surface area contributed by atoms with Crippen molar-refractivity contribution in [2.45, 2.75) is 40.2 Å². The highest BCUT2D eigenvalue weighted by atomic mass is 16.4. The summed E-state index contributed by atoms with van der Waals surface area (Å²) in [7, 11) is 0. The van der Waals surface area contributed by atoms with Crippen LogP contribution in [0.2, 0.25) is 0 Å². The molecule has 3 aliphatic carbocycles. The average molecular weight is 274 g/mol. The molecule has 1 fully saturated rings. The fraction of sp³-hybridized carbons (Fsp3) is 0.692. The summed E-state index contributed by atoms with van der Waals surface area (Å²) < 4.78 is 0. The lowest BCUT2D eigenvalue weighted by molar-refractivity contribution is -0.135. The number of carboxylic acids is 2. The Morgan fingerprint density at radius 3 is 1.79 bits per heavy atom. The minimum absolute atomic E-state index is 0.109. The summed E-state index contributed by atoms with van der Waals surface area (Å²) in [6.07, 6.45) is 2.12. The van der Waals surface area contributed by atoms with Crippen molar-refractivity contribution in [2.75, 3.05) is 0 Å². The number of fused-ring (bicyclic) bond motifs is 1. The van der Waals surface area contributed by atoms with E-state index in [9.17, 15) is 10.2 Å². The lowest BCUT2D eigenvalue weighted by atomic mass is 9.50. The van der Waals surface area contributed by atoms with E-state index in [1.165, 1.54) is 0 Å². The van der Waals surface area contributed by atoms with Crippen molar-refractivity contribution in [1.29, 1.82) is 0 Å². The van der Waals surface area contributed by atoms with Crippen LogP contribution in [0.3, 0.4) is 0 Å². The van der Waals surface area contributed by atoms with Gasteiger partial charge >= 0.3 is 0 Å². The predicted octanol–water partition coefficient (Wildman–Crippen LogP) is 1.65. The molecule has 0 aromatic heterocycles. The van der Waals surface area contributed by atoms with Crippen molar-refractivity contribution in [1.82, 2.24) is 0 Å². The molecule has 0 spiro atoms. The monoisotopic (exact) mass is 274 g/mol. The van der Waals surface area contributed by atoms with E-state index in [1.54, 1.807) is 6.08 Å². The van der Waals surface area contributed by atoms with Gasteiger partial charge in [0.05, 0.1) is 11.9 Å². The van der Waals surface area contributed by atoms with Crippen LogP contribution in [-0.4, -0.2) is 38.5 Å². The number of hydrogen-bond acceptors (Lipinski definition) is 4. The van der Waals surface area contributed by atoms with Crippen LogP contribution in [0.25, 0.3) is 0 Å². The number of allylic oxidation sites excluding steroid dienone is 1. The second-order valence-electron chi connectivity index (χ2n) is 5.34. The van der Waals surface area contributed by atoms with Crippen LogP contribution < -0.4 is 0 Å². The first-order chi connectivity index (χ1) is 8.50. The minimum atomic E-state index is -0.833. The van der Waals surface area contributed by atoms with Crippen LogP contribution in [0.15, 0.2) is 11.8 Å². The molecule has 2 bridgehead atoms. The Morgan fingerprint density at radius 2 is 1.58 bits per heavy atom. The van der Waals surface area contributed by atoms with Gasteiger partial charge in [-0.3, -0.25) is 9.59 Å². The van der Waals surface area contributed by atoms with Gasteiger partial charge in [-0.1, -0.05) is 13.8 Å². The van der Waals surface area contributed by atoms with Crippen LogP contribution in [0.5, 0.6) is 0 Å². The van der Waals surface area contributed by atoms with Crippen LogP contribution in [0.4, 0.5) is 0 Å². The van der Waals surface area contributed by atoms with Crippen LogP contribution in [0, 0.1) is 17.3 Å². The number of aliphatic hydroxyl groups excluding tert-OH is 2. The molecule has 0 aromatic rings. The Hall–Kier alpha value is -1.56. The van der Waals surface area contributed by atoms with Crippen LogP contribution in [-0.2, 0) is 9.59 Å². The highest BCUT2D eigenvalue weighted by Crippen LogP contribution is 2.58. The molecule has 3 unspecified atom stereocenters. The van der Waals surface area contributed by atoms with Crippen LogP contribution in [0.1, 0.15) is 34.1 Å². The van der Waals surface area contributed by atoms with Gasteiger partial charge in [-0.2, -0.15) is 0 Å². The Bertz CT molecular complexity index is 351. The SMILES string of the molecule is CC(=O)O.CC(=O)O.CC1(C)C2CC1C(O)C=C2O. The number of carbonyl (C=O) groups is 2. The summed E-state index contributed by atoms with van der Waals surface area (Å²) in [6.45, 7) is 6.39. The fourth-order valence-electron chi connectivity index (χ4n) is 2.45. The lowest BCUT2D eigenvalue weighted by Gasteiger charge is -2.56. The summed E-state index contributed by atoms with van der Waals surface area (Å²) in [5.74, 6) is -0.607. The molecule has 6 nitrogen and oxygen atoms in total. The number of rotatable bonds is 0. The van der Waals surface area contributed by atoms with Gasteiger partial charge in [-0.15, -0.1) is 0 Å². The number of aliphatic carboxylic acids is 2. The van der Waals surface area contributed by atoms with E-state index in [-0.39, 0.29) is 5.41 Å². The van der Waals surface area contributed by atoms with Crippen molar-refractivity contribution in [3.05, 3.63) is 11.8 Å². The maximum atomic E-state index is 9.49. The van der Waals surface area contributed by atoms with Gasteiger partial charge in [-0.05, 0) is 23.8 Å². The first kappa shape index (κ1) is 17.4. The van der Waals surface area contributed by atoms with Crippen LogP contribution >= 0.6 is 0 Å². The summed E-state index contributed by atoms with van der Waals surface area (Å²) in [5.41, 5.74) is 0.109. The van der Waals surface area contributed by atoms with E-state index >= 15 is 0 Å². The zero-order valence-corrected chi connectivity index (χ0v) is 11.6. The largest absolute Gasteiger partial charge is 0.512 e. The van der Waals surface area contributed by atoms with E-state index in [1.807, 2.05) is 0 Å². The molecular weight excluding hydrogens is 252 g/mol. The summed E-state index contributed by atoms with van der Waals surface area (Å²) in [5, 5.41) is 33.7. The van der Waals surface area contributed by atoms with Crippen molar-refractivity contribution in [3.8, 4) is 0 Å². The maximum absolute atomic E-state index is 9.49. The van der Waals surface area contributed by atoms with Gasteiger partial charge < -0.3 is 20.4 Å². The molecule has 0 aromatic carbocycles. The topological polar surface area (TPSA) is 115 Å². The molecule has 3 rings (SSSR count). The zero-order chi connectivity index (χ0) is 15.4. The molecule has 110 valence electrons. The van der Waals surface area contributed by atoms with Crippen molar-refractivity contribution in [2.24, 2.45) is 17.3 Å². The molecule has 0 amide bonds. The minimum Gasteiger partial charge on any atom is -0.512 e. The zero-order valence-electron chi connectivity index (χ0n) is 11.6. The molecule has 4 N–H and O–H groups in total. The molecule has 0 saturated heterocycles. The molecule has 0 radical (unpaired) electrons. The molecular formula is C13H22O6. The van der Waals surface area contributed by atoms with Crippen molar-refractivity contribution in [3.63, 3.8) is 0 Å². The Morgan fingerprint density at radius 1 is 1.21 bits per heavy atom. The molecule has 3 aliphatic rings. The first-order valence-corrected chi connectivity index (χ1v) is 5.98. The predicted molar refractivity (Wildman–Crippen MR) is 68.7 cm³/mol. The third kappa shape index (κ3) is 4.90. The molecule has 6 heteroatoms. The third-order valence-electron chi connectivity index (χ3n) is 3.45. The number of aliphatic hydroxyl groups is 2. The van der Waals surface area contributed by atoms with E-state index < -0.39 is 18.0 Å². The quantitative estimate of drug-likeness (QED) is 0.534. The van der Waals surface area contributed by atoms with E-state index in [4.69, 9.17) is 19.8 Å². The highest BCUT2D eigenvalue weighted by Gasteiger charge is 2.55. The third-order valence-corrected chi connectivity index (χ3v) is 3.45. The Labute approximate surface area is 112 Å². The van der Waals surface area contributed by atoms with Gasteiger partial charge in [0.15, 0.2) is 0 Å². The summed E-state index contributed by atoms with van der Waals surface area (Å²) in [4.78, 5) is 18.0. The second kappa shape index (κ2) is 6.56. The van der Waals surface area contributed by atoms with Gasteiger partial charge in [-0.25, -0.2) is 0 Å². The van der Waals surface area contributed by atoms with Gasteiger partial charge in [0.1, 0.15) is 0 Å². The van der Waals surface area contributed by atoms with Gasteiger partial charge in [0.25, 0.3) is 11.9 Å². The first-order valence-electron chi connectivity index (χ1n) is 5.98. The molecule has 1 saturated carbocycles. The number of carboxylic acid groups (broad SMARTS) is 2. The van der Waals surface area contributed by atoms with Crippen molar-refractivity contribution >= 4 is 11.9 Å². The van der Waals surface area contributed by atoms with E-state index in [0.717, 1.165) is 20.3 Å². The summed E-state index contributed by atoms with van der Waals surface area (Å²) >= 11 is 0.